The largest absolute Gasteiger partial charge is 0.507 e. The molecule has 0 aromatic heterocycles. The maximum atomic E-state index is 12.9. The average Bonchev–Trinajstić information content (AvgIpc) is 2.25. The number of phenols is 1. The van der Waals surface area contributed by atoms with Crippen molar-refractivity contribution in [3.63, 3.8) is 0 Å². The summed E-state index contributed by atoms with van der Waals surface area (Å²) in [6.07, 6.45) is 3.13. The molecule has 0 saturated heterocycles. The summed E-state index contributed by atoms with van der Waals surface area (Å²) < 4.78 is 12.9. The van der Waals surface area contributed by atoms with Crippen molar-refractivity contribution < 1.29 is 14.3 Å². The van der Waals surface area contributed by atoms with E-state index in [1.54, 1.807) is 4.90 Å². The molecule has 0 bridgehead atoms. The van der Waals surface area contributed by atoms with Gasteiger partial charge in [0.1, 0.15) is 11.6 Å². The molecule has 18 heavy (non-hydrogen) atoms. The highest BCUT2D eigenvalue weighted by atomic mass is 79.9. The smallest absolute Gasteiger partial charge is 0.257 e. The quantitative estimate of drug-likeness (QED) is 0.868. The maximum Gasteiger partial charge on any atom is 0.257 e. The standard InChI is InChI=1S/C13H15BrFNO2/c14-6-7-16(10-2-1-3-10)13(18)11-5-4-9(15)8-12(11)17/h4-5,8,10,17H,1-3,6-7H2. The molecule has 0 atom stereocenters. The first-order valence-corrected chi connectivity index (χ1v) is 7.11. The second kappa shape index (κ2) is 5.69. The fourth-order valence-electron chi connectivity index (χ4n) is 2.08. The van der Waals surface area contributed by atoms with Crippen LogP contribution >= 0.6 is 15.9 Å². The van der Waals surface area contributed by atoms with Crippen LogP contribution in [-0.2, 0) is 0 Å². The van der Waals surface area contributed by atoms with Crippen LogP contribution in [0.2, 0.25) is 0 Å². The third-order valence-electron chi connectivity index (χ3n) is 3.29. The van der Waals surface area contributed by atoms with E-state index in [2.05, 4.69) is 15.9 Å². The number of phenolic OH excluding ortho intramolecular Hbond substituents is 1. The van der Waals surface area contributed by atoms with Gasteiger partial charge in [-0.25, -0.2) is 4.39 Å². The number of aromatic hydroxyl groups is 1. The van der Waals surface area contributed by atoms with Crippen molar-refractivity contribution in [2.24, 2.45) is 0 Å². The second-order valence-corrected chi connectivity index (χ2v) is 5.23. The molecular formula is C13H15BrFNO2. The SMILES string of the molecule is O=C(c1ccc(F)cc1O)N(CCBr)C1CCC1. The van der Waals surface area contributed by atoms with Gasteiger partial charge in [0, 0.05) is 24.0 Å². The zero-order valence-electron chi connectivity index (χ0n) is 9.90. The van der Waals surface area contributed by atoms with E-state index in [4.69, 9.17) is 0 Å². The molecule has 0 aliphatic heterocycles. The average molecular weight is 316 g/mol. The lowest BCUT2D eigenvalue weighted by molar-refractivity contribution is 0.0596. The maximum absolute atomic E-state index is 12.9. The van der Waals surface area contributed by atoms with Crippen molar-refractivity contribution >= 4 is 21.8 Å². The van der Waals surface area contributed by atoms with E-state index < -0.39 is 5.82 Å². The second-order valence-electron chi connectivity index (χ2n) is 4.43. The first kappa shape index (κ1) is 13.3. The van der Waals surface area contributed by atoms with Crippen molar-refractivity contribution in [2.45, 2.75) is 25.3 Å². The number of carbonyl (C=O) groups is 1. The summed E-state index contributed by atoms with van der Waals surface area (Å²) in [7, 11) is 0. The monoisotopic (exact) mass is 315 g/mol. The van der Waals surface area contributed by atoms with Gasteiger partial charge in [0.25, 0.3) is 5.91 Å². The van der Waals surface area contributed by atoms with E-state index in [1.165, 1.54) is 12.1 Å². The zero-order chi connectivity index (χ0) is 13.1. The van der Waals surface area contributed by atoms with Gasteiger partial charge in [-0.05, 0) is 31.4 Å². The molecule has 0 unspecified atom stereocenters. The van der Waals surface area contributed by atoms with E-state index in [0.717, 1.165) is 25.3 Å². The lowest BCUT2D eigenvalue weighted by Crippen LogP contribution is -2.45. The van der Waals surface area contributed by atoms with Crippen molar-refractivity contribution in [2.75, 3.05) is 11.9 Å². The highest BCUT2D eigenvalue weighted by molar-refractivity contribution is 9.09. The normalized spacial score (nSPS) is 15.2. The van der Waals surface area contributed by atoms with Gasteiger partial charge < -0.3 is 10.0 Å². The van der Waals surface area contributed by atoms with Crippen LogP contribution in [0.5, 0.6) is 5.75 Å². The molecule has 0 radical (unpaired) electrons. The molecule has 1 fully saturated rings. The molecule has 1 saturated carbocycles. The minimum Gasteiger partial charge on any atom is -0.507 e. The molecule has 0 heterocycles. The van der Waals surface area contributed by atoms with Crippen LogP contribution in [0.25, 0.3) is 0 Å². The van der Waals surface area contributed by atoms with E-state index in [0.29, 0.717) is 11.9 Å². The first-order valence-electron chi connectivity index (χ1n) is 5.99. The Balaban J connectivity index is 2.21. The molecule has 0 spiro atoms. The Morgan fingerprint density at radius 1 is 1.50 bits per heavy atom. The van der Waals surface area contributed by atoms with Crippen LogP contribution in [-0.4, -0.2) is 33.8 Å². The van der Waals surface area contributed by atoms with Crippen LogP contribution in [0.1, 0.15) is 29.6 Å². The van der Waals surface area contributed by atoms with Crippen molar-refractivity contribution in [1.82, 2.24) is 4.90 Å². The number of rotatable bonds is 4. The Morgan fingerprint density at radius 2 is 2.22 bits per heavy atom. The Bertz CT molecular complexity index is 449. The Morgan fingerprint density at radius 3 is 2.72 bits per heavy atom. The summed E-state index contributed by atoms with van der Waals surface area (Å²) >= 11 is 3.33. The number of carbonyl (C=O) groups excluding carboxylic acids is 1. The number of nitrogens with zero attached hydrogens (tertiary/aromatic N) is 1. The molecule has 2 rings (SSSR count). The summed E-state index contributed by atoms with van der Waals surface area (Å²) in [5, 5.41) is 10.3. The summed E-state index contributed by atoms with van der Waals surface area (Å²) in [6.45, 7) is 0.598. The molecular weight excluding hydrogens is 301 g/mol. The van der Waals surface area contributed by atoms with Gasteiger partial charge in [-0.3, -0.25) is 4.79 Å². The lowest BCUT2D eigenvalue weighted by Gasteiger charge is -2.37. The zero-order valence-corrected chi connectivity index (χ0v) is 11.5. The van der Waals surface area contributed by atoms with Gasteiger partial charge in [-0.15, -0.1) is 0 Å². The van der Waals surface area contributed by atoms with Crippen molar-refractivity contribution in [3.05, 3.63) is 29.6 Å². The Hall–Kier alpha value is -1.10. The Kier molecular flexibility index (Phi) is 4.22. The van der Waals surface area contributed by atoms with Crippen molar-refractivity contribution in [1.29, 1.82) is 0 Å². The molecule has 98 valence electrons. The summed E-state index contributed by atoms with van der Waals surface area (Å²) in [6, 6.07) is 3.76. The fraction of sp³-hybridized carbons (Fsp3) is 0.462. The Labute approximate surface area is 114 Å². The highest BCUT2D eigenvalue weighted by Crippen LogP contribution is 2.28. The summed E-state index contributed by atoms with van der Waals surface area (Å²) in [5.41, 5.74) is 0.171. The highest BCUT2D eigenvalue weighted by Gasteiger charge is 2.30. The summed E-state index contributed by atoms with van der Waals surface area (Å²) in [4.78, 5) is 14.1. The third-order valence-corrected chi connectivity index (χ3v) is 3.65. The van der Waals surface area contributed by atoms with E-state index >= 15 is 0 Å². The number of alkyl halides is 1. The predicted molar refractivity (Wildman–Crippen MR) is 70.5 cm³/mol. The molecule has 1 amide bonds. The number of amides is 1. The van der Waals surface area contributed by atoms with Crippen LogP contribution in [0.15, 0.2) is 18.2 Å². The molecule has 3 nitrogen and oxygen atoms in total. The molecule has 1 aliphatic rings. The third kappa shape index (κ3) is 2.66. The molecule has 1 N–H and O–H groups in total. The minimum atomic E-state index is -0.542. The van der Waals surface area contributed by atoms with Gasteiger partial charge in [0.15, 0.2) is 0 Å². The molecule has 1 aliphatic carbocycles. The number of hydrogen-bond donors (Lipinski definition) is 1. The van der Waals surface area contributed by atoms with Crippen LogP contribution in [0.4, 0.5) is 4.39 Å². The number of halogens is 2. The van der Waals surface area contributed by atoms with E-state index in [-0.39, 0.29) is 23.3 Å². The lowest BCUT2D eigenvalue weighted by atomic mass is 9.91. The van der Waals surface area contributed by atoms with Crippen LogP contribution < -0.4 is 0 Å². The van der Waals surface area contributed by atoms with Gasteiger partial charge in [0.2, 0.25) is 0 Å². The van der Waals surface area contributed by atoms with E-state index in [9.17, 15) is 14.3 Å². The van der Waals surface area contributed by atoms with Crippen LogP contribution in [0, 0.1) is 5.82 Å². The molecule has 5 heteroatoms. The van der Waals surface area contributed by atoms with Crippen LogP contribution in [0.3, 0.4) is 0 Å². The van der Waals surface area contributed by atoms with Gasteiger partial charge in [0.05, 0.1) is 5.56 Å². The topological polar surface area (TPSA) is 40.5 Å². The predicted octanol–water partition coefficient (Wildman–Crippen LogP) is 2.92. The van der Waals surface area contributed by atoms with Gasteiger partial charge in [-0.2, -0.15) is 0 Å². The summed E-state index contributed by atoms with van der Waals surface area (Å²) in [5.74, 6) is -1.06. The fourth-order valence-corrected chi connectivity index (χ4v) is 2.46. The van der Waals surface area contributed by atoms with E-state index in [1.807, 2.05) is 0 Å². The molecule has 1 aromatic rings. The van der Waals surface area contributed by atoms with Crippen molar-refractivity contribution in [3.8, 4) is 5.75 Å². The number of benzene rings is 1. The molecule has 1 aromatic carbocycles. The first-order chi connectivity index (χ1) is 8.63. The minimum absolute atomic E-state index is 0.171. The van der Waals surface area contributed by atoms with Gasteiger partial charge >= 0.3 is 0 Å². The van der Waals surface area contributed by atoms with Gasteiger partial charge in [-0.1, -0.05) is 15.9 Å². The number of hydrogen-bond acceptors (Lipinski definition) is 2.